The molecule has 0 aromatic heterocycles. The number of hydrazine groups is 2. The van der Waals surface area contributed by atoms with E-state index < -0.39 is 0 Å². The quantitative estimate of drug-likeness (QED) is 0.644. The molecule has 1 saturated heterocycles. The van der Waals surface area contributed by atoms with Gasteiger partial charge in [-0.15, -0.1) is 0 Å². The van der Waals surface area contributed by atoms with Gasteiger partial charge >= 0.3 is 0 Å². The molecule has 1 fully saturated rings. The minimum atomic E-state index is 0.260. The summed E-state index contributed by atoms with van der Waals surface area (Å²) in [7, 11) is 12.5. The molecule has 0 aromatic rings. The third-order valence-electron chi connectivity index (χ3n) is 2.57. The van der Waals surface area contributed by atoms with E-state index in [1.54, 1.807) is 0 Å². The summed E-state index contributed by atoms with van der Waals surface area (Å²) in [5.74, 6) is 0. The van der Waals surface area contributed by atoms with Gasteiger partial charge < -0.3 is 0 Å². The average molecular weight is 216 g/mol. The predicted molar refractivity (Wildman–Crippen MR) is 61.4 cm³/mol. The smallest absolute Gasteiger partial charge is 0.147 e. The second-order valence-corrected chi connectivity index (χ2v) is 4.45. The van der Waals surface area contributed by atoms with Crippen LogP contribution in [0.5, 0.6) is 0 Å². The maximum atomic E-state index is 3.37. The molecule has 1 heterocycles. The molecule has 6 nitrogen and oxygen atoms in total. The molecule has 0 amide bonds. The Morgan fingerprint density at radius 1 is 0.867 bits per heavy atom. The molecule has 0 aromatic carbocycles. The van der Waals surface area contributed by atoms with Gasteiger partial charge in [-0.25, -0.2) is 10.0 Å². The van der Waals surface area contributed by atoms with Crippen molar-refractivity contribution in [2.45, 2.75) is 6.29 Å². The Kier molecular flexibility index (Phi) is 4.45. The van der Waals surface area contributed by atoms with Gasteiger partial charge in [-0.1, -0.05) is 0 Å². The molecular weight excluding hydrogens is 192 g/mol. The molecule has 90 valence electrons. The third kappa shape index (κ3) is 2.87. The van der Waals surface area contributed by atoms with E-state index in [0.717, 1.165) is 13.3 Å². The molecule has 0 bridgehead atoms. The van der Waals surface area contributed by atoms with Crippen LogP contribution in [-0.4, -0.2) is 86.8 Å². The molecule has 0 spiro atoms. The van der Waals surface area contributed by atoms with Crippen LogP contribution in [0.15, 0.2) is 0 Å². The predicted octanol–water partition coefficient (Wildman–Crippen LogP) is -1.09. The number of hydrogen-bond donors (Lipinski definition) is 1. The summed E-state index contributed by atoms with van der Waals surface area (Å²) in [4.78, 5) is 2.21. The van der Waals surface area contributed by atoms with Crippen molar-refractivity contribution in [3.63, 3.8) is 0 Å². The second-order valence-electron chi connectivity index (χ2n) is 4.45. The molecule has 0 atom stereocenters. The van der Waals surface area contributed by atoms with Crippen molar-refractivity contribution in [2.24, 2.45) is 0 Å². The van der Waals surface area contributed by atoms with E-state index >= 15 is 0 Å². The van der Waals surface area contributed by atoms with Gasteiger partial charge in [0.2, 0.25) is 0 Å². The van der Waals surface area contributed by atoms with E-state index in [4.69, 9.17) is 0 Å². The Balaban J connectivity index is 2.80. The fourth-order valence-corrected chi connectivity index (χ4v) is 1.83. The normalized spacial score (nSPS) is 22.2. The molecule has 0 unspecified atom stereocenters. The first-order valence-electron chi connectivity index (χ1n) is 5.20. The van der Waals surface area contributed by atoms with Crippen LogP contribution in [0.3, 0.4) is 0 Å². The standard InChI is InChI=1S/C9H24N6/c1-11(2)9-14(12(3)4)7-10-8-15(9)13(5)6/h9-10H,7-8H2,1-6H3. The van der Waals surface area contributed by atoms with Crippen LogP contribution < -0.4 is 5.32 Å². The van der Waals surface area contributed by atoms with Crippen molar-refractivity contribution in [1.82, 2.24) is 30.3 Å². The Morgan fingerprint density at radius 3 is 1.53 bits per heavy atom. The lowest BCUT2D eigenvalue weighted by molar-refractivity contribution is -0.229. The van der Waals surface area contributed by atoms with Gasteiger partial charge in [0.05, 0.1) is 13.3 Å². The van der Waals surface area contributed by atoms with Gasteiger partial charge in [0.1, 0.15) is 6.29 Å². The molecule has 0 aliphatic carbocycles. The van der Waals surface area contributed by atoms with Crippen LogP contribution in [0.25, 0.3) is 0 Å². The molecule has 6 heteroatoms. The Bertz CT molecular complexity index is 177. The van der Waals surface area contributed by atoms with Crippen LogP contribution >= 0.6 is 0 Å². The van der Waals surface area contributed by atoms with Crippen molar-refractivity contribution in [2.75, 3.05) is 55.6 Å². The number of nitrogens with one attached hydrogen (secondary N) is 1. The van der Waals surface area contributed by atoms with E-state index in [1.165, 1.54) is 0 Å². The average Bonchev–Trinajstić information content (AvgIpc) is 2.16. The van der Waals surface area contributed by atoms with E-state index in [2.05, 4.69) is 72.5 Å². The fraction of sp³-hybridized carbons (Fsp3) is 1.00. The van der Waals surface area contributed by atoms with Crippen molar-refractivity contribution >= 4 is 0 Å². The lowest BCUT2D eigenvalue weighted by Crippen LogP contribution is -2.70. The van der Waals surface area contributed by atoms with Crippen LogP contribution in [0, 0.1) is 0 Å². The Labute approximate surface area is 92.9 Å². The summed E-state index contributed by atoms with van der Waals surface area (Å²) in [6, 6.07) is 0. The second kappa shape index (κ2) is 5.20. The first-order chi connectivity index (χ1) is 6.95. The van der Waals surface area contributed by atoms with E-state index in [9.17, 15) is 0 Å². The first-order valence-corrected chi connectivity index (χ1v) is 5.20. The van der Waals surface area contributed by atoms with Gasteiger partial charge in [0.25, 0.3) is 0 Å². The topological polar surface area (TPSA) is 28.2 Å². The molecule has 15 heavy (non-hydrogen) atoms. The summed E-state index contributed by atoms with van der Waals surface area (Å²) >= 11 is 0. The van der Waals surface area contributed by atoms with Crippen LogP contribution in [0.4, 0.5) is 0 Å². The summed E-state index contributed by atoms with van der Waals surface area (Å²) < 4.78 is 0. The summed E-state index contributed by atoms with van der Waals surface area (Å²) in [5, 5.41) is 12.1. The zero-order valence-corrected chi connectivity index (χ0v) is 10.7. The Hall–Kier alpha value is -0.240. The van der Waals surface area contributed by atoms with Crippen molar-refractivity contribution in [3.8, 4) is 0 Å². The van der Waals surface area contributed by atoms with Crippen LogP contribution in [0.2, 0.25) is 0 Å². The third-order valence-corrected chi connectivity index (χ3v) is 2.57. The van der Waals surface area contributed by atoms with Gasteiger partial charge in [0, 0.05) is 28.2 Å². The molecule has 0 radical (unpaired) electrons. The number of hydrogen-bond acceptors (Lipinski definition) is 6. The van der Waals surface area contributed by atoms with E-state index in [1.807, 2.05) is 0 Å². The van der Waals surface area contributed by atoms with E-state index in [0.29, 0.717) is 0 Å². The zero-order valence-electron chi connectivity index (χ0n) is 10.7. The Morgan fingerprint density at radius 2 is 1.27 bits per heavy atom. The van der Waals surface area contributed by atoms with Gasteiger partial charge in [-0.3, -0.25) is 10.2 Å². The monoisotopic (exact) mass is 216 g/mol. The minimum absolute atomic E-state index is 0.260. The molecule has 0 saturated carbocycles. The van der Waals surface area contributed by atoms with Gasteiger partial charge in [0.15, 0.2) is 0 Å². The lowest BCUT2D eigenvalue weighted by Gasteiger charge is -2.50. The highest BCUT2D eigenvalue weighted by molar-refractivity contribution is 4.70. The fourth-order valence-electron chi connectivity index (χ4n) is 1.83. The summed E-state index contributed by atoms with van der Waals surface area (Å²) in [6.45, 7) is 1.75. The molecule has 1 aliphatic heterocycles. The van der Waals surface area contributed by atoms with Crippen LogP contribution in [0.1, 0.15) is 0 Å². The molecule has 1 aliphatic rings. The van der Waals surface area contributed by atoms with Gasteiger partial charge in [-0.05, 0) is 14.1 Å². The zero-order chi connectivity index (χ0) is 11.6. The maximum Gasteiger partial charge on any atom is 0.147 e. The van der Waals surface area contributed by atoms with Crippen molar-refractivity contribution in [3.05, 3.63) is 0 Å². The number of rotatable bonds is 3. The largest absolute Gasteiger partial charge is 0.289 e. The highest BCUT2D eigenvalue weighted by atomic mass is 15.8. The molecule has 1 rings (SSSR count). The summed E-state index contributed by atoms with van der Waals surface area (Å²) in [5.41, 5.74) is 0. The molecule has 1 N–H and O–H groups in total. The SMILES string of the molecule is CN(C)C1N(N(C)C)CNCN1N(C)C. The highest BCUT2D eigenvalue weighted by Crippen LogP contribution is 2.13. The summed E-state index contributed by atoms with van der Waals surface area (Å²) in [6.07, 6.45) is 0.260. The maximum absolute atomic E-state index is 3.37. The lowest BCUT2D eigenvalue weighted by atomic mass is 10.5. The van der Waals surface area contributed by atoms with Gasteiger partial charge in [-0.2, -0.15) is 10.0 Å². The first kappa shape index (κ1) is 12.8. The van der Waals surface area contributed by atoms with Crippen LogP contribution in [-0.2, 0) is 0 Å². The number of nitrogens with zero attached hydrogens (tertiary/aromatic N) is 5. The van der Waals surface area contributed by atoms with Crippen molar-refractivity contribution < 1.29 is 0 Å². The minimum Gasteiger partial charge on any atom is -0.289 e. The highest BCUT2D eigenvalue weighted by Gasteiger charge is 2.33. The molecular formula is C9H24N6. The van der Waals surface area contributed by atoms with Crippen molar-refractivity contribution in [1.29, 1.82) is 0 Å². The van der Waals surface area contributed by atoms with E-state index in [-0.39, 0.29) is 6.29 Å².